The molecule has 5 nitrogen and oxygen atoms in total. The Balaban J connectivity index is 1.77. The van der Waals surface area contributed by atoms with Gasteiger partial charge in [0.2, 0.25) is 5.91 Å². The summed E-state index contributed by atoms with van der Waals surface area (Å²) in [7, 11) is 0. The van der Waals surface area contributed by atoms with Crippen molar-refractivity contribution in [3.63, 3.8) is 0 Å². The lowest BCUT2D eigenvalue weighted by atomic mass is 9.98. The van der Waals surface area contributed by atoms with Crippen molar-refractivity contribution in [1.29, 1.82) is 0 Å². The Labute approximate surface area is 138 Å². The highest BCUT2D eigenvalue weighted by molar-refractivity contribution is 5.96. The van der Waals surface area contributed by atoms with Crippen LogP contribution in [0.25, 0.3) is 0 Å². The van der Waals surface area contributed by atoms with E-state index in [0.717, 1.165) is 12.0 Å². The Morgan fingerprint density at radius 2 is 2.00 bits per heavy atom. The highest BCUT2D eigenvalue weighted by atomic mass is 19.3. The molecule has 2 atom stereocenters. The van der Waals surface area contributed by atoms with Crippen LogP contribution in [0, 0.1) is 11.8 Å². The van der Waals surface area contributed by atoms with Crippen LogP contribution in [0.1, 0.15) is 31.2 Å². The molecular formula is C17H19F2NO4. The molecule has 1 aromatic rings. The van der Waals surface area contributed by atoms with E-state index in [1.807, 2.05) is 0 Å². The lowest BCUT2D eigenvalue weighted by Gasteiger charge is -2.31. The molecule has 1 fully saturated rings. The zero-order valence-electron chi connectivity index (χ0n) is 13.1. The minimum absolute atomic E-state index is 0.0674. The van der Waals surface area contributed by atoms with E-state index in [1.54, 1.807) is 17.0 Å². The van der Waals surface area contributed by atoms with Crippen molar-refractivity contribution in [2.75, 3.05) is 11.4 Å². The van der Waals surface area contributed by atoms with Crippen LogP contribution in [0.4, 0.5) is 14.5 Å². The first-order valence-corrected chi connectivity index (χ1v) is 8.07. The number of hydrogen-bond donors (Lipinski definition) is 1. The number of alkyl halides is 2. The summed E-state index contributed by atoms with van der Waals surface area (Å²) in [5.41, 5.74) is 1.52. The van der Waals surface area contributed by atoms with Gasteiger partial charge in [-0.2, -0.15) is 8.78 Å². The number of anilines is 1. The van der Waals surface area contributed by atoms with Gasteiger partial charge < -0.3 is 14.7 Å². The van der Waals surface area contributed by atoms with Gasteiger partial charge in [-0.1, -0.05) is 0 Å². The number of hydrogen-bond acceptors (Lipinski definition) is 3. The van der Waals surface area contributed by atoms with Crippen LogP contribution in [-0.4, -0.2) is 30.1 Å². The largest absolute Gasteiger partial charge is 0.481 e. The minimum Gasteiger partial charge on any atom is -0.481 e. The number of ether oxygens (including phenoxy) is 1. The molecular weight excluding hydrogens is 320 g/mol. The molecule has 1 saturated carbocycles. The summed E-state index contributed by atoms with van der Waals surface area (Å²) in [6.45, 7) is -2.31. The van der Waals surface area contributed by atoms with Crippen molar-refractivity contribution < 1.29 is 28.2 Å². The molecule has 0 spiro atoms. The van der Waals surface area contributed by atoms with Crippen LogP contribution in [0.3, 0.4) is 0 Å². The Hall–Kier alpha value is -2.18. The second kappa shape index (κ2) is 6.75. The number of aliphatic carboxylic acids is 1. The predicted molar refractivity (Wildman–Crippen MR) is 82.2 cm³/mol. The highest BCUT2D eigenvalue weighted by Crippen LogP contribution is 2.36. The zero-order valence-corrected chi connectivity index (χ0v) is 13.1. The van der Waals surface area contributed by atoms with E-state index in [-0.39, 0.29) is 17.6 Å². The van der Waals surface area contributed by atoms with Crippen molar-refractivity contribution in [3.05, 3.63) is 23.8 Å². The number of nitrogens with zero attached hydrogens (tertiary/aromatic N) is 1. The summed E-state index contributed by atoms with van der Waals surface area (Å²) in [5.74, 6) is -1.57. The second-order valence-corrected chi connectivity index (χ2v) is 6.31. The molecule has 1 amide bonds. The Morgan fingerprint density at radius 1 is 1.25 bits per heavy atom. The summed E-state index contributed by atoms with van der Waals surface area (Å²) in [6.07, 6.45) is 2.91. The molecule has 7 heteroatoms. The van der Waals surface area contributed by atoms with Gasteiger partial charge in [-0.3, -0.25) is 9.59 Å². The third-order valence-corrected chi connectivity index (χ3v) is 4.79. The van der Waals surface area contributed by atoms with Gasteiger partial charge in [0.25, 0.3) is 0 Å². The van der Waals surface area contributed by atoms with Crippen molar-refractivity contribution in [1.82, 2.24) is 0 Å². The second-order valence-electron chi connectivity index (χ2n) is 6.31. The van der Waals surface area contributed by atoms with E-state index < -0.39 is 18.5 Å². The van der Waals surface area contributed by atoms with Crippen LogP contribution >= 0.6 is 0 Å². The van der Waals surface area contributed by atoms with Crippen molar-refractivity contribution in [3.8, 4) is 5.75 Å². The lowest BCUT2D eigenvalue weighted by Crippen LogP contribution is -2.39. The van der Waals surface area contributed by atoms with Gasteiger partial charge in [-0.25, -0.2) is 0 Å². The fourth-order valence-electron chi connectivity index (χ4n) is 3.63. The number of carbonyl (C=O) groups excluding carboxylic acids is 1. The fourth-order valence-corrected chi connectivity index (χ4v) is 3.63. The first kappa shape index (κ1) is 16.7. The SMILES string of the molecule is O=C(O)[C@@H]1CC[C@H](C(=O)N2CCCc3cc(OC(F)F)ccc32)C1. The van der Waals surface area contributed by atoms with E-state index in [4.69, 9.17) is 5.11 Å². The number of carbonyl (C=O) groups is 2. The number of fused-ring (bicyclic) bond motifs is 1. The van der Waals surface area contributed by atoms with E-state index in [2.05, 4.69) is 4.74 Å². The maximum atomic E-state index is 12.8. The molecule has 3 rings (SSSR count). The molecule has 0 aromatic heterocycles. The van der Waals surface area contributed by atoms with Crippen molar-refractivity contribution in [2.45, 2.75) is 38.7 Å². The number of carboxylic acid groups (broad SMARTS) is 1. The van der Waals surface area contributed by atoms with Crippen LogP contribution in [0.2, 0.25) is 0 Å². The van der Waals surface area contributed by atoms with Gasteiger partial charge in [0.05, 0.1) is 5.92 Å². The molecule has 24 heavy (non-hydrogen) atoms. The first-order valence-electron chi connectivity index (χ1n) is 8.07. The third kappa shape index (κ3) is 3.34. The normalized spacial score (nSPS) is 23.2. The third-order valence-electron chi connectivity index (χ3n) is 4.79. The van der Waals surface area contributed by atoms with E-state index >= 15 is 0 Å². The average molecular weight is 339 g/mol. The van der Waals surface area contributed by atoms with Crippen LogP contribution in [0.15, 0.2) is 18.2 Å². The van der Waals surface area contributed by atoms with Gasteiger partial charge in [-0.05, 0) is 55.9 Å². The molecule has 130 valence electrons. The quantitative estimate of drug-likeness (QED) is 0.915. The predicted octanol–water partition coefficient (Wildman–Crippen LogP) is 3.07. The molecule has 1 N–H and O–H groups in total. The summed E-state index contributed by atoms with van der Waals surface area (Å²) in [4.78, 5) is 25.5. The van der Waals surface area contributed by atoms with E-state index in [0.29, 0.717) is 37.9 Å². The van der Waals surface area contributed by atoms with Gasteiger partial charge >= 0.3 is 12.6 Å². The molecule has 1 aromatic carbocycles. The number of carboxylic acids is 1. The number of halogens is 2. The average Bonchev–Trinajstić information content (AvgIpc) is 3.03. The van der Waals surface area contributed by atoms with Gasteiger partial charge in [-0.15, -0.1) is 0 Å². The molecule has 2 aliphatic rings. The number of benzene rings is 1. The Bertz CT molecular complexity index is 649. The topological polar surface area (TPSA) is 66.8 Å². The summed E-state index contributed by atoms with van der Waals surface area (Å²) in [5, 5.41) is 9.08. The standard InChI is InChI=1S/C17H19F2NO4/c18-17(19)24-13-5-6-14-10(9-13)2-1-7-20(14)15(21)11-3-4-12(8-11)16(22)23/h5-6,9,11-12,17H,1-4,7-8H2,(H,22,23)/t11-,12+/m0/s1. The Kier molecular flexibility index (Phi) is 4.69. The minimum atomic E-state index is -2.88. The molecule has 0 unspecified atom stereocenters. The van der Waals surface area contributed by atoms with Crippen molar-refractivity contribution >= 4 is 17.6 Å². The number of amides is 1. The smallest absolute Gasteiger partial charge is 0.387 e. The molecule has 1 aliphatic carbocycles. The number of aryl methyl sites for hydroxylation is 1. The van der Waals surface area contributed by atoms with Crippen LogP contribution < -0.4 is 9.64 Å². The molecule has 1 aliphatic heterocycles. The fraction of sp³-hybridized carbons (Fsp3) is 0.529. The van der Waals surface area contributed by atoms with Crippen molar-refractivity contribution in [2.24, 2.45) is 11.8 Å². The van der Waals surface area contributed by atoms with Gasteiger partial charge in [0.15, 0.2) is 0 Å². The van der Waals surface area contributed by atoms with Gasteiger partial charge in [0, 0.05) is 18.2 Å². The first-order chi connectivity index (χ1) is 11.5. The highest BCUT2D eigenvalue weighted by Gasteiger charge is 2.37. The van der Waals surface area contributed by atoms with E-state index in [1.165, 1.54) is 6.07 Å². The number of rotatable bonds is 4. The van der Waals surface area contributed by atoms with E-state index in [9.17, 15) is 18.4 Å². The molecule has 0 saturated heterocycles. The van der Waals surface area contributed by atoms with Gasteiger partial charge in [0.1, 0.15) is 5.75 Å². The summed E-state index contributed by atoms with van der Waals surface area (Å²) >= 11 is 0. The molecule has 1 heterocycles. The summed E-state index contributed by atoms with van der Waals surface area (Å²) < 4.78 is 29.1. The maximum absolute atomic E-state index is 12.8. The molecule has 0 radical (unpaired) electrons. The monoisotopic (exact) mass is 339 g/mol. The Morgan fingerprint density at radius 3 is 2.67 bits per heavy atom. The lowest BCUT2D eigenvalue weighted by molar-refractivity contribution is -0.141. The zero-order chi connectivity index (χ0) is 17.3. The maximum Gasteiger partial charge on any atom is 0.387 e. The van der Waals surface area contributed by atoms with Crippen LogP contribution in [0.5, 0.6) is 5.75 Å². The summed E-state index contributed by atoms with van der Waals surface area (Å²) in [6, 6.07) is 4.62. The molecule has 0 bridgehead atoms. The van der Waals surface area contributed by atoms with Crippen LogP contribution in [-0.2, 0) is 16.0 Å².